The van der Waals surface area contributed by atoms with Crippen molar-refractivity contribution in [2.45, 2.75) is 19.4 Å². The van der Waals surface area contributed by atoms with Gasteiger partial charge in [-0.3, -0.25) is 14.5 Å². The van der Waals surface area contributed by atoms with Crippen molar-refractivity contribution in [1.29, 1.82) is 0 Å². The van der Waals surface area contributed by atoms with E-state index in [1.165, 1.54) is 23.1 Å². The maximum absolute atomic E-state index is 13.1. The van der Waals surface area contributed by atoms with Gasteiger partial charge in [-0.15, -0.1) is 0 Å². The van der Waals surface area contributed by atoms with Crippen molar-refractivity contribution in [1.82, 2.24) is 0 Å². The van der Waals surface area contributed by atoms with Gasteiger partial charge in [-0.1, -0.05) is 60.5 Å². The Morgan fingerprint density at radius 1 is 1.00 bits per heavy atom. The molecule has 3 aromatic rings. The number of hydrogen-bond donors (Lipinski definition) is 2. The number of nitrogens with zero attached hydrogens (tertiary/aromatic N) is 1. The number of rotatable bonds is 4. The zero-order valence-corrected chi connectivity index (χ0v) is 18.6. The van der Waals surface area contributed by atoms with Crippen LogP contribution in [-0.4, -0.2) is 21.9 Å². The normalized spacial score (nSPS) is 17.7. The standard InChI is InChI=1S/C25H19Cl2NO4/c1-2-14-6-9-18(10-7-14)28-22(15-8-11-20(29)19(27)13-15)21(24(31)25(28)32)23(30)16-4-3-5-17(26)12-16/h3-13,22,29-30H,2H2,1H3/b23-21-. The smallest absolute Gasteiger partial charge is 0.300 e. The number of Topliss-reactive ketones (excluding diaryl/α,β-unsaturated/α-hetero) is 1. The van der Waals surface area contributed by atoms with E-state index in [2.05, 4.69) is 0 Å². The van der Waals surface area contributed by atoms with E-state index in [1.54, 1.807) is 36.4 Å². The highest BCUT2D eigenvalue weighted by atomic mass is 35.5. The van der Waals surface area contributed by atoms with Crippen LogP contribution in [0, 0.1) is 0 Å². The maximum Gasteiger partial charge on any atom is 0.300 e. The van der Waals surface area contributed by atoms with Crippen molar-refractivity contribution in [3.8, 4) is 5.75 Å². The van der Waals surface area contributed by atoms with E-state index >= 15 is 0 Å². The zero-order valence-electron chi connectivity index (χ0n) is 17.0. The summed E-state index contributed by atoms with van der Waals surface area (Å²) in [6.07, 6.45) is 0.824. The van der Waals surface area contributed by atoms with E-state index in [-0.39, 0.29) is 22.1 Å². The highest BCUT2D eigenvalue weighted by Gasteiger charge is 2.47. The number of anilines is 1. The zero-order chi connectivity index (χ0) is 23.0. The summed E-state index contributed by atoms with van der Waals surface area (Å²) in [6, 6.07) is 17.2. The van der Waals surface area contributed by atoms with Crippen LogP contribution in [-0.2, 0) is 16.0 Å². The van der Waals surface area contributed by atoms with Crippen LogP contribution < -0.4 is 4.90 Å². The van der Waals surface area contributed by atoms with Gasteiger partial charge in [0.15, 0.2) is 0 Å². The van der Waals surface area contributed by atoms with Crippen LogP contribution in [0.15, 0.2) is 72.3 Å². The van der Waals surface area contributed by atoms with Crippen molar-refractivity contribution < 1.29 is 19.8 Å². The lowest BCUT2D eigenvalue weighted by Crippen LogP contribution is -2.29. The van der Waals surface area contributed by atoms with E-state index in [9.17, 15) is 19.8 Å². The van der Waals surface area contributed by atoms with Gasteiger partial charge in [0.2, 0.25) is 0 Å². The fourth-order valence-corrected chi connectivity index (χ4v) is 4.17. The van der Waals surface area contributed by atoms with E-state index in [0.29, 0.717) is 21.8 Å². The molecule has 1 unspecified atom stereocenters. The molecule has 162 valence electrons. The SMILES string of the molecule is CCc1ccc(N2C(=O)C(=O)/C(=C(\O)c3cccc(Cl)c3)C2c2ccc(O)c(Cl)c2)cc1. The van der Waals surface area contributed by atoms with Crippen molar-refractivity contribution in [2.75, 3.05) is 4.90 Å². The van der Waals surface area contributed by atoms with Crippen molar-refractivity contribution in [2.24, 2.45) is 0 Å². The first-order chi connectivity index (χ1) is 15.3. The van der Waals surface area contributed by atoms with Crippen LogP contribution in [0.5, 0.6) is 5.75 Å². The number of phenols is 1. The monoisotopic (exact) mass is 467 g/mol. The Bertz CT molecular complexity index is 1250. The average molecular weight is 468 g/mol. The molecule has 0 aliphatic carbocycles. The molecular weight excluding hydrogens is 449 g/mol. The molecule has 1 amide bonds. The predicted molar refractivity (Wildman–Crippen MR) is 125 cm³/mol. The van der Waals surface area contributed by atoms with E-state index in [4.69, 9.17) is 23.2 Å². The van der Waals surface area contributed by atoms with Crippen LogP contribution in [0.3, 0.4) is 0 Å². The lowest BCUT2D eigenvalue weighted by molar-refractivity contribution is -0.132. The second-order valence-corrected chi connectivity index (χ2v) is 8.25. The molecule has 32 heavy (non-hydrogen) atoms. The largest absolute Gasteiger partial charge is 0.507 e. The highest BCUT2D eigenvalue weighted by molar-refractivity contribution is 6.51. The molecule has 0 aromatic heterocycles. The van der Waals surface area contributed by atoms with Gasteiger partial charge < -0.3 is 10.2 Å². The minimum atomic E-state index is -0.945. The lowest BCUT2D eigenvalue weighted by Gasteiger charge is -2.26. The highest BCUT2D eigenvalue weighted by Crippen LogP contribution is 2.43. The van der Waals surface area contributed by atoms with Gasteiger partial charge in [-0.05, 0) is 53.9 Å². The summed E-state index contributed by atoms with van der Waals surface area (Å²) in [6.45, 7) is 2.02. The van der Waals surface area contributed by atoms with E-state index in [0.717, 1.165) is 12.0 Å². The minimum Gasteiger partial charge on any atom is -0.507 e. The summed E-state index contributed by atoms with van der Waals surface area (Å²) in [4.78, 5) is 27.6. The van der Waals surface area contributed by atoms with Crippen LogP contribution in [0.1, 0.15) is 29.7 Å². The molecule has 0 saturated carbocycles. The molecule has 7 heteroatoms. The predicted octanol–water partition coefficient (Wildman–Crippen LogP) is 5.89. The third kappa shape index (κ3) is 3.85. The first kappa shape index (κ1) is 21.9. The summed E-state index contributed by atoms with van der Waals surface area (Å²) < 4.78 is 0. The fourth-order valence-electron chi connectivity index (χ4n) is 3.79. The van der Waals surface area contributed by atoms with Crippen LogP contribution in [0.4, 0.5) is 5.69 Å². The summed E-state index contributed by atoms with van der Waals surface area (Å²) in [5.74, 6) is -2.06. The number of amides is 1. The van der Waals surface area contributed by atoms with Crippen LogP contribution in [0.25, 0.3) is 5.76 Å². The third-order valence-electron chi connectivity index (χ3n) is 5.45. The summed E-state index contributed by atoms with van der Waals surface area (Å²) >= 11 is 12.2. The minimum absolute atomic E-state index is 0.0668. The van der Waals surface area contributed by atoms with Crippen molar-refractivity contribution in [3.05, 3.63) is 99.0 Å². The molecule has 1 aliphatic rings. The molecule has 2 N–H and O–H groups in total. The van der Waals surface area contributed by atoms with Crippen molar-refractivity contribution in [3.63, 3.8) is 0 Å². The van der Waals surface area contributed by atoms with Crippen LogP contribution >= 0.6 is 23.2 Å². The molecular formula is C25H19Cl2NO4. The molecule has 0 bridgehead atoms. The van der Waals surface area contributed by atoms with Crippen LogP contribution in [0.2, 0.25) is 10.0 Å². The lowest BCUT2D eigenvalue weighted by atomic mass is 9.95. The number of phenolic OH excluding ortho intramolecular Hbond substituents is 1. The maximum atomic E-state index is 13.1. The summed E-state index contributed by atoms with van der Waals surface area (Å²) in [7, 11) is 0. The number of hydrogen-bond acceptors (Lipinski definition) is 4. The first-order valence-corrected chi connectivity index (χ1v) is 10.7. The summed E-state index contributed by atoms with van der Waals surface area (Å²) in [5, 5.41) is 21.4. The molecule has 0 spiro atoms. The number of benzene rings is 3. The Kier molecular flexibility index (Phi) is 5.96. The van der Waals surface area contributed by atoms with Gasteiger partial charge in [-0.2, -0.15) is 0 Å². The number of aliphatic hydroxyl groups is 1. The number of aryl methyl sites for hydroxylation is 1. The second-order valence-electron chi connectivity index (χ2n) is 7.41. The number of ketones is 1. The molecule has 5 nitrogen and oxygen atoms in total. The molecule has 1 heterocycles. The fraction of sp³-hybridized carbons (Fsp3) is 0.120. The third-order valence-corrected chi connectivity index (χ3v) is 5.99. The molecule has 1 fully saturated rings. The number of carbonyl (C=O) groups is 2. The number of aliphatic hydroxyl groups excluding tert-OH is 1. The van der Waals surface area contributed by atoms with Gasteiger partial charge >= 0.3 is 0 Å². The van der Waals surface area contributed by atoms with Crippen molar-refractivity contribution >= 4 is 46.3 Å². The Morgan fingerprint density at radius 2 is 1.72 bits per heavy atom. The molecule has 1 saturated heterocycles. The molecule has 3 aromatic carbocycles. The number of halogens is 2. The second kappa shape index (κ2) is 8.69. The topological polar surface area (TPSA) is 77.8 Å². The molecule has 4 rings (SSSR count). The quantitative estimate of drug-likeness (QED) is 0.285. The van der Waals surface area contributed by atoms with Gasteiger partial charge in [0, 0.05) is 16.3 Å². The number of carbonyl (C=O) groups excluding carboxylic acids is 2. The molecule has 0 radical (unpaired) electrons. The Hall–Kier alpha value is -3.28. The van der Waals surface area contributed by atoms with Gasteiger partial charge in [0.25, 0.3) is 11.7 Å². The molecule has 1 atom stereocenters. The Morgan fingerprint density at radius 3 is 2.34 bits per heavy atom. The van der Waals surface area contributed by atoms with Gasteiger partial charge in [0.1, 0.15) is 11.5 Å². The average Bonchev–Trinajstić information content (AvgIpc) is 3.06. The van der Waals surface area contributed by atoms with E-state index < -0.39 is 17.7 Å². The first-order valence-electron chi connectivity index (χ1n) is 9.96. The Labute approximate surface area is 195 Å². The van der Waals surface area contributed by atoms with Gasteiger partial charge in [0.05, 0.1) is 16.6 Å². The Balaban J connectivity index is 1.95. The van der Waals surface area contributed by atoms with Gasteiger partial charge in [-0.25, -0.2) is 0 Å². The summed E-state index contributed by atoms with van der Waals surface area (Å²) in [5.41, 5.74) is 2.28. The van der Waals surface area contributed by atoms with E-state index in [1.807, 2.05) is 19.1 Å². The number of aromatic hydroxyl groups is 1. The molecule has 1 aliphatic heterocycles.